The molecule has 1 fully saturated rings. The zero-order valence-corrected chi connectivity index (χ0v) is 23.9. The molecule has 1 saturated carbocycles. The molecule has 1 aliphatic rings. The number of hydrogen-bond donors (Lipinski definition) is 3. The third kappa shape index (κ3) is 6.54. The van der Waals surface area contributed by atoms with Crippen LogP contribution in [0.2, 0.25) is 0 Å². The van der Waals surface area contributed by atoms with Crippen LogP contribution in [0.4, 0.5) is 5.69 Å². The summed E-state index contributed by atoms with van der Waals surface area (Å²) in [4.78, 5) is 41.2. The molecule has 8 nitrogen and oxygen atoms in total. The molecule has 4 aromatic rings. The van der Waals surface area contributed by atoms with E-state index >= 15 is 0 Å². The van der Waals surface area contributed by atoms with Gasteiger partial charge in [0.05, 0.1) is 22.5 Å². The average Bonchev–Trinajstić information content (AvgIpc) is 3.32. The van der Waals surface area contributed by atoms with Crippen LogP contribution in [-0.2, 0) is 22.6 Å². The van der Waals surface area contributed by atoms with Gasteiger partial charge in [-0.15, -0.1) is 0 Å². The molecule has 0 radical (unpaired) electrons. The van der Waals surface area contributed by atoms with Crippen LogP contribution in [0.15, 0.2) is 66.7 Å². The number of amides is 1. The molecule has 0 spiro atoms. The summed E-state index contributed by atoms with van der Waals surface area (Å²) in [7, 11) is 0. The highest BCUT2D eigenvalue weighted by molar-refractivity contribution is 5.96. The summed E-state index contributed by atoms with van der Waals surface area (Å²) >= 11 is 0. The van der Waals surface area contributed by atoms with E-state index in [0.717, 1.165) is 66.5 Å². The number of aryl methyl sites for hydroxylation is 1. The van der Waals surface area contributed by atoms with Crippen molar-refractivity contribution < 1.29 is 24.6 Å². The summed E-state index contributed by atoms with van der Waals surface area (Å²) in [5, 5.41) is 22.2. The summed E-state index contributed by atoms with van der Waals surface area (Å²) < 4.78 is 2.18. The number of aliphatic carboxylic acids is 1. The van der Waals surface area contributed by atoms with Crippen LogP contribution >= 0.6 is 0 Å². The van der Waals surface area contributed by atoms with E-state index in [1.54, 1.807) is 12.1 Å². The smallest absolute Gasteiger partial charge is 0.336 e. The summed E-state index contributed by atoms with van der Waals surface area (Å²) in [5.74, 6) is -1.56. The minimum atomic E-state index is -0.955. The summed E-state index contributed by atoms with van der Waals surface area (Å²) in [6.45, 7) is 2.73. The Morgan fingerprint density at radius 2 is 1.74 bits per heavy atom. The lowest BCUT2D eigenvalue weighted by Crippen LogP contribution is -2.30. The number of carboxylic acids is 2. The van der Waals surface area contributed by atoms with Crippen molar-refractivity contribution in [3.8, 4) is 11.1 Å². The van der Waals surface area contributed by atoms with Crippen molar-refractivity contribution in [2.75, 3.05) is 5.32 Å². The number of carbonyl (C=O) groups is 3. The molecular formula is C34H37N3O5. The van der Waals surface area contributed by atoms with Gasteiger partial charge in [0.2, 0.25) is 5.91 Å². The highest BCUT2D eigenvalue weighted by atomic mass is 16.4. The molecule has 42 heavy (non-hydrogen) atoms. The number of imidazole rings is 1. The van der Waals surface area contributed by atoms with Gasteiger partial charge in [-0.25, -0.2) is 9.78 Å². The molecule has 3 aromatic carbocycles. The molecule has 2 atom stereocenters. The fourth-order valence-corrected chi connectivity index (χ4v) is 6.07. The highest BCUT2D eigenvalue weighted by Gasteiger charge is 2.32. The molecule has 1 amide bonds. The molecule has 0 bridgehead atoms. The SMILES string of the molecule is CCCCc1nc2ccc(NC(=O)CC3CCCCC3C(=O)O)cc2n1Cc1ccc(-c2ccccc2C(=O)O)cc1. The monoisotopic (exact) mass is 567 g/mol. The minimum absolute atomic E-state index is 0.142. The van der Waals surface area contributed by atoms with Crippen LogP contribution in [0, 0.1) is 11.8 Å². The number of aromatic carboxylic acids is 1. The summed E-state index contributed by atoms with van der Waals surface area (Å²) in [6.07, 6.45) is 6.33. The number of unbranched alkanes of at least 4 members (excludes halogenated alkanes) is 1. The van der Waals surface area contributed by atoms with Gasteiger partial charge in [0.15, 0.2) is 0 Å². The normalized spacial score (nSPS) is 16.8. The van der Waals surface area contributed by atoms with Crippen LogP contribution in [0.25, 0.3) is 22.2 Å². The minimum Gasteiger partial charge on any atom is -0.481 e. The Labute approximate surface area is 245 Å². The first-order chi connectivity index (χ1) is 20.3. The molecule has 8 heteroatoms. The van der Waals surface area contributed by atoms with Crippen molar-refractivity contribution in [2.24, 2.45) is 11.8 Å². The van der Waals surface area contributed by atoms with Crippen molar-refractivity contribution in [3.05, 3.63) is 83.7 Å². The predicted molar refractivity (Wildman–Crippen MR) is 163 cm³/mol. The zero-order valence-electron chi connectivity index (χ0n) is 23.9. The van der Waals surface area contributed by atoms with Crippen molar-refractivity contribution in [2.45, 2.75) is 64.8 Å². The first kappa shape index (κ1) is 29.0. The number of anilines is 1. The Kier molecular flexibility index (Phi) is 9.00. The Hall–Kier alpha value is -4.46. The highest BCUT2D eigenvalue weighted by Crippen LogP contribution is 2.33. The van der Waals surface area contributed by atoms with Gasteiger partial charge in [-0.2, -0.15) is 0 Å². The van der Waals surface area contributed by atoms with Crippen molar-refractivity contribution in [1.82, 2.24) is 9.55 Å². The molecular weight excluding hydrogens is 530 g/mol. The number of aromatic nitrogens is 2. The Balaban J connectivity index is 1.38. The Morgan fingerprint density at radius 1 is 0.976 bits per heavy atom. The van der Waals surface area contributed by atoms with E-state index in [1.165, 1.54) is 0 Å². The summed E-state index contributed by atoms with van der Waals surface area (Å²) in [6, 6.07) is 20.6. The zero-order chi connectivity index (χ0) is 29.6. The quantitative estimate of drug-likeness (QED) is 0.179. The third-order valence-electron chi connectivity index (χ3n) is 8.30. The number of nitrogens with one attached hydrogen (secondary N) is 1. The van der Waals surface area contributed by atoms with E-state index in [0.29, 0.717) is 24.2 Å². The van der Waals surface area contributed by atoms with Gasteiger partial charge in [0, 0.05) is 25.1 Å². The van der Waals surface area contributed by atoms with Gasteiger partial charge in [-0.3, -0.25) is 9.59 Å². The van der Waals surface area contributed by atoms with Crippen LogP contribution in [0.1, 0.15) is 73.6 Å². The molecule has 5 rings (SSSR count). The van der Waals surface area contributed by atoms with E-state index in [9.17, 15) is 24.6 Å². The number of carboxylic acid groups (broad SMARTS) is 2. The van der Waals surface area contributed by atoms with Crippen LogP contribution in [-0.4, -0.2) is 37.6 Å². The lowest BCUT2D eigenvalue weighted by Gasteiger charge is -2.27. The van der Waals surface area contributed by atoms with Gasteiger partial charge in [-0.1, -0.05) is 68.7 Å². The fraction of sp³-hybridized carbons (Fsp3) is 0.353. The molecule has 0 saturated heterocycles. The first-order valence-corrected chi connectivity index (χ1v) is 14.8. The summed E-state index contributed by atoms with van der Waals surface area (Å²) in [5.41, 5.74) is 5.27. The molecule has 1 heterocycles. The number of carbonyl (C=O) groups excluding carboxylic acids is 1. The fourth-order valence-electron chi connectivity index (χ4n) is 6.07. The third-order valence-corrected chi connectivity index (χ3v) is 8.30. The predicted octanol–water partition coefficient (Wildman–Crippen LogP) is 7.01. The van der Waals surface area contributed by atoms with E-state index in [4.69, 9.17) is 4.98 Å². The van der Waals surface area contributed by atoms with Gasteiger partial charge >= 0.3 is 11.9 Å². The molecule has 0 aliphatic heterocycles. The van der Waals surface area contributed by atoms with Gasteiger partial charge in [0.1, 0.15) is 5.82 Å². The molecule has 1 aromatic heterocycles. The lowest BCUT2D eigenvalue weighted by atomic mass is 9.77. The number of rotatable bonds is 11. The second kappa shape index (κ2) is 13.0. The van der Waals surface area contributed by atoms with Crippen LogP contribution in [0.5, 0.6) is 0 Å². The van der Waals surface area contributed by atoms with Gasteiger partial charge in [-0.05, 0) is 66.1 Å². The van der Waals surface area contributed by atoms with Crippen molar-refractivity contribution in [3.63, 3.8) is 0 Å². The lowest BCUT2D eigenvalue weighted by molar-refractivity contribution is -0.145. The average molecular weight is 568 g/mol. The number of nitrogens with zero attached hydrogens (tertiary/aromatic N) is 2. The molecule has 1 aliphatic carbocycles. The topological polar surface area (TPSA) is 122 Å². The van der Waals surface area contributed by atoms with Crippen LogP contribution < -0.4 is 5.32 Å². The van der Waals surface area contributed by atoms with Crippen molar-refractivity contribution >= 4 is 34.6 Å². The second-order valence-corrected chi connectivity index (χ2v) is 11.2. The molecule has 218 valence electrons. The Morgan fingerprint density at radius 3 is 2.48 bits per heavy atom. The maximum Gasteiger partial charge on any atom is 0.336 e. The maximum absolute atomic E-state index is 13.0. The van der Waals surface area contributed by atoms with E-state index in [1.807, 2.05) is 54.6 Å². The molecule has 2 unspecified atom stereocenters. The van der Waals surface area contributed by atoms with Crippen molar-refractivity contribution in [1.29, 1.82) is 0 Å². The number of hydrogen-bond acceptors (Lipinski definition) is 4. The number of fused-ring (bicyclic) bond motifs is 1. The Bertz CT molecular complexity index is 1590. The molecule has 3 N–H and O–H groups in total. The number of benzene rings is 3. The van der Waals surface area contributed by atoms with Gasteiger partial charge in [0.25, 0.3) is 0 Å². The van der Waals surface area contributed by atoms with Gasteiger partial charge < -0.3 is 20.1 Å². The van der Waals surface area contributed by atoms with E-state index < -0.39 is 17.9 Å². The van der Waals surface area contributed by atoms with Crippen LogP contribution in [0.3, 0.4) is 0 Å². The first-order valence-electron chi connectivity index (χ1n) is 14.8. The van der Waals surface area contributed by atoms with E-state index in [2.05, 4.69) is 16.8 Å². The van der Waals surface area contributed by atoms with E-state index in [-0.39, 0.29) is 23.8 Å². The largest absolute Gasteiger partial charge is 0.481 e. The standard InChI is InChI=1S/C34H37N3O5/c1-2-3-12-31-36-29-18-17-25(35-32(38)19-24-8-4-5-10-27(24)33(39)40)20-30(29)37(31)21-22-13-15-23(16-14-22)26-9-6-7-11-28(26)34(41)42/h6-7,9,11,13-18,20,24,27H,2-5,8,10,12,19,21H2,1H3,(H,35,38)(H,39,40)(H,41,42). The second-order valence-electron chi connectivity index (χ2n) is 11.2. The maximum atomic E-state index is 13.0.